The molecule has 0 fully saturated rings. The maximum Gasteiger partial charge on any atom is 0.338 e. The van der Waals surface area contributed by atoms with Crippen molar-refractivity contribution in [2.45, 2.75) is 10.8 Å². The SMILES string of the molecule is COc1ccc(CSc2ncccc2C(=O)O)c(OCCO)c1. The summed E-state index contributed by atoms with van der Waals surface area (Å²) in [5, 5.41) is 18.5. The van der Waals surface area contributed by atoms with Gasteiger partial charge in [0, 0.05) is 23.6 Å². The lowest BCUT2D eigenvalue weighted by molar-refractivity contribution is 0.0692. The van der Waals surface area contributed by atoms with Gasteiger partial charge >= 0.3 is 5.97 Å². The molecule has 0 spiro atoms. The number of carbonyl (C=O) groups is 1. The Balaban J connectivity index is 2.18. The number of rotatable bonds is 8. The highest BCUT2D eigenvalue weighted by molar-refractivity contribution is 7.98. The zero-order valence-electron chi connectivity index (χ0n) is 12.6. The smallest absolute Gasteiger partial charge is 0.338 e. The molecular formula is C16H17NO5S. The molecule has 2 rings (SSSR count). The van der Waals surface area contributed by atoms with Gasteiger partial charge in [0.2, 0.25) is 0 Å². The van der Waals surface area contributed by atoms with Crippen molar-refractivity contribution < 1.29 is 24.5 Å². The molecule has 0 radical (unpaired) electrons. The van der Waals surface area contributed by atoms with Gasteiger partial charge in [-0.15, -0.1) is 11.8 Å². The lowest BCUT2D eigenvalue weighted by Gasteiger charge is -2.12. The van der Waals surface area contributed by atoms with Gasteiger partial charge in [-0.05, 0) is 18.2 Å². The first-order valence-electron chi connectivity index (χ1n) is 6.87. The van der Waals surface area contributed by atoms with Crippen LogP contribution in [0.1, 0.15) is 15.9 Å². The fourth-order valence-corrected chi connectivity index (χ4v) is 2.86. The summed E-state index contributed by atoms with van der Waals surface area (Å²) in [6, 6.07) is 8.51. The third-order valence-corrected chi connectivity index (χ3v) is 4.04. The van der Waals surface area contributed by atoms with Gasteiger partial charge in [-0.25, -0.2) is 9.78 Å². The maximum atomic E-state index is 11.2. The van der Waals surface area contributed by atoms with Gasteiger partial charge in [-0.3, -0.25) is 0 Å². The van der Waals surface area contributed by atoms with Gasteiger partial charge < -0.3 is 19.7 Å². The van der Waals surface area contributed by atoms with E-state index in [4.69, 9.17) is 14.6 Å². The van der Waals surface area contributed by atoms with E-state index in [-0.39, 0.29) is 18.8 Å². The Labute approximate surface area is 138 Å². The molecule has 0 aliphatic carbocycles. The molecule has 1 aromatic carbocycles. The van der Waals surface area contributed by atoms with Crippen LogP contribution in [0.4, 0.5) is 0 Å². The number of methoxy groups -OCH3 is 1. The zero-order chi connectivity index (χ0) is 16.7. The van der Waals surface area contributed by atoms with Crippen molar-refractivity contribution in [2.24, 2.45) is 0 Å². The Bertz CT molecular complexity index is 677. The number of ether oxygens (including phenoxy) is 2. The number of hydrogen-bond donors (Lipinski definition) is 2. The molecule has 0 aliphatic rings. The van der Waals surface area contributed by atoms with Gasteiger partial charge in [0.15, 0.2) is 0 Å². The summed E-state index contributed by atoms with van der Waals surface area (Å²) >= 11 is 1.31. The van der Waals surface area contributed by atoms with Crippen molar-refractivity contribution in [1.29, 1.82) is 0 Å². The van der Waals surface area contributed by atoms with Gasteiger partial charge in [0.05, 0.1) is 19.3 Å². The number of benzene rings is 1. The van der Waals surface area contributed by atoms with E-state index in [0.717, 1.165) is 5.56 Å². The molecule has 0 saturated heterocycles. The summed E-state index contributed by atoms with van der Waals surface area (Å²) in [5.41, 5.74) is 1.04. The Morgan fingerprint density at radius 3 is 2.87 bits per heavy atom. The second kappa shape index (κ2) is 8.40. The number of aromatic nitrogens is 1. The lowest BCUT2D eigenvalue weighted by Crippen LogP contribution is -2.04. The van der Waals surface area contributed by atoms with Crippen molar-refractivity contribution in [3.05, 3.63) is 47.7 Å². The molecule has 6 nitrogen and oxygen atoms in total. The van der Waals surface area contributed by atoms with Gasteiger partial charge in [-0.1, -0.05) is 6.07 Å². The highest BCUT2D eigenvalue weighted by atomic mass is 32.2. The molecule has 0 atom stereocenters. The summed E-state index contributed by atoms with van der Waals surface area (Å²) in [6.07, 6.45) is 1.56. The van der Waals surface area contributed by atoms with Gasteiger partial charge in [-0.2, -0.15) is 0 Å². The minimum absolute atomic E-state index is 0.0901. The Morgan fingerprint density at radius 1 is 1.35 bits per heavy atom. The molecule has 2 aromatic rings. The van der Waals surface area contributed by atoms with Crippen LogP contribution in [0.3, 0.4) is 0 Å². The fourth-order valence-electron chi connectivity index (χ4n) is 1.89. The number of carboxylic acid groups (broad SMARTS) is 1. The topological polar surface area (TPSA) is 88.9 Å². The van der Waals surface area contributed by atoms with E-state index in [9.17, 15) is 9.90 Å². The number of carboxylic acids is 1. The molecule has 23 heavy (non-hydrogen) atoms. The monoisotopic (exact) mass is 335 g/mol. The molecule has 1 aromatic heterocycles. The van der Waals surface area contributed by atoms with E-state index in [1.807, 2.05) is 6.07 Å². The Hall–Kier alpha value is -2.25. The second-order valence-corrected chi connectivity index (χ2v) is 5.46. The maximum absolute atomic E-state index is 11.2. The van der Waals surface area contributed by atoms with Crippen LogP contribution in [0.5, 0.6) is 11.5 Å². The van der Waals surface area contributed by atoms with E-state index < -0.39 is 5.97 Å². The minimum atomic E-state index is -1.01. The predicted molar refractivity (Wildman–Crippen MR) is 86.3 cm³/mol. The Morgan fingerprint density at radius 2 is 2.17 bits per heavy atom. The summed E-state index contributed by atoms with van der Waals surface area (Å²) < 4.78 is 10.7. The number of hydrogen-bond acceptors (Lipinski definition) is 6. The number of pyridine rings is 1. The van der Waals surface area contributed by atoms with E-state index >= 15 is 0 Å². The van der Waals surface area contributed by atoms with Crippen LogP contribution in [0, 0.1) is 0 Å². The lowest BCUT2D eigenvalue weighted by atomic mass is 10.2. The van der Waals surface area contributed by atoms with E-state index in [2.05, 4.69) is 4.98 Å². The van der Waals surface area contributed by atoms with Crippen LogP contribution in [-0.4, -0.2) is 41.5 Å². The second-order valence-electron chi connectivity index (χ2n) is 4.50. The quantitative estimate of drug-likeness (QED) is 0.716. The summed E-state index contributed by atoms with van der Waals surface area (Å²) in [5.74, 6) is 0.726. The summed E-state index contributed by atoms with van der Waals surface area (Å²) in [7, 11) is 1.56. The molecule has 1 heterocycles. The summed E-state index contributed by atoms with van der Waals surface area (Å²) in [4.78, 5) is 15.3. The minimum Gasteiger partial charge on any atom is -0.497 e. The predicted octanol–water partition coefficient (Wildman–Crippen LogP) is 2.45. The van der Waals surface area contributed by atoms with Crippen molar-refractivity contribution in [3.63, 3.8) is 0 Å². The van der Waals surface area contributed by atoms with Crippen LogP contribution in [-0.2, 0) is 5.75 Å². The average Bonchev–Trinajstić information content (AvgIpc) is 2.58. The van der Waals surface area contributed by atoms with Gasteiger partial charge in [0.1, 0.15) is 23.1 Å². The first kappa shape index (κ1) is 17.1. The fraction of sp³-hybridized carbons (Fsp3) is 0.250. The number of aromatic carboxylic acids is 1. The number of aliphatic hydroxyl groups is 1. The molecule has 122 valence electrons. The third-order valence-electron chi connectivity index (χ3n) is 2.99. The van der Waals surface area contributed by atoms with Crippen molar-refractivity contribution in [2.75, 3.05) is 20.3 Å². The van der Waals surface area contributed by atoms with Gasteiger partial charge in [0.25, 0.3) is 0 Å². The molecule has 2 N–H and O–H groups in total. The largest absolute Gasteiger partial charge is 0.497 e. The van der Waals surface area contributed by atoms with E-state index in [1.165, 1.54) is 17.8 Å². The average molecular weight is 335 g/mol. The van der Waals surface area contributed by atoms with Crippen molar-refractivity contribution in [3.8, 4) is 11.5 Å². The number of thioether (sulfide) groups is 1. The van der Waals surface area contributed by atoms with Crippen molar-refractivity contribution >= 4 is 17.7 Å². The highest BCUT2D eigenvalue weighted by Gasteiger charge is 2.13. The zero-order valence-corrected chi connectivity index (χ0v) is 13.4. The number of aliphatic hydroxyl groups excluding tert-OH is 1. The normalized spacial score (nSPS) is 10.3. The molecular weight excluding hydrogens is 318 g/mol. The molecule has 0 aliphatic heterocycles. The van der Waals surface area contributed by atoms with Crippen LogP contribution in [0.15, 0.2) is 41.6 Å². The molecule has 7 heteroatoms. The standard InChI is InChI=1S/C16H17NO5S/c1-21-12-5-4-11(14(9-12)22-8-7-18)10-23-15-13(16(19)20)3-2-6-17-15/h2-6,9,18H,7-8,10H2,1H3,(H,19,20). The first-order valence-corrected chi connectivity index (χ1v) is 7.86. The highest BCUT2D eigenvalue weighted by Crippen LogP contribution is 2.31. The van der Waals surface area contributed by atoms with Crippen LogP contribution < -0.4 is 9.47 Å². The summed E-state index contributed by atoms with van der Waals surface area (Å²) in [6.45, 7) is 0.0853. The Kier molecular flexibility index (Phi) is 6.25. The molecule has 0 bridgehead atoms. The third kappa shape index (κ3) is 4.61. The van der Waals surface area contributed by atoms with Crippen LogP contribution in [0.25, 0.3) is 0 Å². The first-order chi connectivity index (χ1) is 11.2. The van der Waals surface area contributed by atoms with Crippen LogP contribution >= 0.6 is 11.8 Å². The van der Waals surface area contributed by atoms with Crippen LogP contribution in [0.2, 0.25) is 0 Å². The van der Waals surface area contributed by atoms with E-state index in [0.29, 0.717) is 22.3 Å². The van der Waals surface area contributed by atoms with Crippen molar-refractivity contribution in [1.82, 2.24) is 4.98 Å². The molecule has 0 amide bonds. The number of nitrogens with zero attached hydrogens (tertiary/aromatic N) is 1. The van der Waals surface area contributed by atoms with E-state index in [1.54, 1.807) is 31.5 Å². The molecule has 0 saturated carbocycles. The molecule has 0 unspecified atom stereocenters.